The van der Waals surface area contributed by atoms with Crippen LogP contribution in [0.4, 0.5) is 0 Å². The molecule has 3 N–H and O–H groups in total. The molecular formula is C10H20N2O2S. The lowest BCUT2D eigenvalue weighted by molar-refractivity contribution is -0.144. The Labute approximate surface area is 96.4 Å². The van der Waals surface area contributed by atoms with Crippen LogP contribution in [0.15, 0.2) is 0 Å². The zero-order chi connectivity index (χ0) is 12.0. The molecule has 88 valence electrons. The fraction of sp³-hybridized carbons (Fsp3) is 0.800. The highest BCUT2D eigenvalue weighted by atomic mass is 32.1. The lowest BCUT2D eigenvalue weighted by Gasteiger charge is -2.31. The molecule has 0 spiro atoms. The molecule has 0 saturated carbocycles. The van der Waals surface area contributed by atoms with E-state index in [1.807, 2.05) is 25.7 Å². The molecule has 0 aliphatic rings. The number of rotatable bonds is 7. The Bertz CT molecular complexity index is 231. The number of carbonyl (C=O) groups is 1. The fourth-order valence-corrected chi connectivity index (χ4v) is 1.69. The highest BCUT2D eigenvalue weighted by Crippen LogP contribution is 2.11. The summed E-state index contributed by atoms with van der Waals surface area (Å²) in [5, 5.41) is 9.11. The molecule has 1 unspecified atom stereocenters. The summed E-state index contributed by atoms with van der Waals surface area (Å²) in [4.78, 5) is 13.3. The van der Waals surface area contributed by atoms with Gasteiger partial charge in [0.05, 0.1) is 4.99 Å². The van der Waals surface area contributed by atoms with Gasteiger partial charge in [0.25, 0.3) is 0 Å². The molecule has 0 radical (unpaired) electrons. The molecule has 0 bridgehead atoms. The number of hydrogen-bond donors (Lipinski definition) is 2. The van der Waals surface area contributed by atoms with Crippen LogP contribution in [0.3, 0.4) is 0 Å². The van der Waals surface area contributed by atoms with Gasteiger partial charge >= 0.3 is 5.97 Å². The number of aliphatic carboxylic acids is 1. The minimum Gasteiger partial charge on any atom is -0.480 e. The quantitative estimate of drug-likeness (QED) is 0.646. The van der Waals surface area contributed by atoms with Crippen LogP contribution in [0.2, 0.25) is 0 Å². The van der Waals surface area contributed by atoms with Gasteiger partial charge < -0.3 is 10.8 Å². The Morgan fingerprint density at radius 1 is 1.53 bits per heavy atom. The van der Waals surface area contributed by atoms with E-state index in [1.165, 1.54) is 0 Å². The highest BCUT2D eigenvalue weighted by molar-refractivity contribution is 7.80. The summed E-state index contributed by atoms with van der Waals surface area (Å²) in [6, 6.07) is -0.365. The Hall–Kier alpha value is -0.680. The second-order valence-corrected chi connectivity index (χ2v) is 4.40. The van der Waals surface area contributed by atoms with Crippen molar-refractivity contribution < 1.29 is 9.90 Å². The molecular weight excluding hydrogens is 212 g/mol. The second kappa shape index (κ2) is 6.74. The molecule has 15 heavy (non-hydrogen) atoms. The third-order valence-corrected chi connectivity index (χ3v) is 2.38. The van der Waals surface area contributed by atoms with Gasteiger partial charge in [0.1, 0.15) is 6.04 Å². The van der Waals surface area contributed by atoms with E-state index in [0.717, 1.165) is 6.42 Å². The Balaban J connectivity index is 4.66. The predicted octanol–water partition coefficient (Wildman–Crippen LogP) is 1.24. The van der Waals surface area contributed by atoms with Gasteiger partial charge in [-0.1, -0.05) is 25.6 Å². The first-order valence-corrected chi connectivity index (χ1v) is 5.57. The summed E-state index contributed by atoms with van der Waals surface area (Å²) in [7, 11) is 0. The summed E-state index contributed by atoms with van der Waals surface area (Å²) in [5.74, 6) is -0.804. The summed E-state index contributed by atoms with van der Waals surface area (Å²) >= 11 is 4.82. The molecule has 0 saturated heterocycles. The van der Waals surface area contributed by atoms with E-state index in [9.17, 15) is 4.79 Å². The van der Waals surface area contributed by atoms with E-state index in [-0.39, 0.29) is 6.04 Å². The Morgan fingerprint density at radius 2 is 2.07 bits per heavy atom. The van der Waals surface area contributed by atoms with Crippen molar-refractivity contribution in [3.05, 3.63) is 0 Å². The largest absolute Gasteiger partial charge is 0.480 e. The van der Waals surface area contributed by atoms with Gasteiger partial charge in [-0.15, -0.1) is 0 Å². The van der Waals surface area contributed by atoms with Gasteiger partial charge in [-0.25, -0.2) is 0 Å². The van der Waals surface area contributed by atoms with Crippen molar-refractivity contribution in [1.82, 2.24) is 4.90 Å². The van der Waals surface area contributed by atoms with E-state index >= 15 is 0 Å². The van der Waals surface area contributed by atoms with Gasteiger partial charge in [0, 0.05) is 12.6 Å². The summed E-state index contributed by atoms with van der Waals surface area (Å²) in [6.45, 7) is 6.23. The lowest BCUT2D eigenvalue weighted by Crippen LogP contribution is -2.48. The summed E-state index contributed by atoms with van der Waals surface area (Å²) < 4.78 is 0. The van der Waals surface area contributed by atoms with Crippen LogP contribution in [0.1, 0.15) is 33.6 Å². The number of hydrogen-bond acceptors (Lipinski definition) is 3. The average Bonchev–Trinajstić information content (AvgIpc) is 2.09. The molecule has 0 rings (SSSR count). The molecule has 0 aromatic rings. The van der Waals surface area contributed by atoms with E-state index in [1.54, 1.807) is 0 Å². The van der Waals surface area contributed by atoms with Crippen LogP contribution in [-0.4, -0.2) is 39.6 Å². The topological polar surface area (TPSA) is 66.6 Å². The molecule has 0 aromatic carbocycles. The number of carboxylic acids is 1. The van der Waals surface area contributed by atoms with Gasteiger partial charge in [-0.3, -0.25) is 9.69 Å². The van der Waals surface area contributed by atoms with Crippen LogP contribution in [0, 0.1) is 0 Å². The first-order valence-electron chi connectivity index (χ1n) is 5.17. The normalized spacial score (nSPS) is 13.1. The van der Waals surface area contributed by atoms with Crippen molar-refractivity contribution in [2.24, 2.45) is 5.73 Å². The number of nitrogens with two attached hydrogens (primary N) is 1. The lowest BCUT2D eigenvalue weighted by atomic mass is 10.1. The minimum absolute atomic E-state index is 0.124. The molecule has 0 fully saturated rings. The van der Waals surface area contributed by atoms with E-state index in [2.05, 4.69) is 0 Å². The maximum atomic E-state index is 11.1. The first-order chi connectivity index (χ1) is 6.90. The van der Waals surface area contributed by atoms with E-state index < -0.39 is 12.0 Å². The molecule has 1 atom stereocenters. The van der Waals surface area contributed by atoms with Gasteiger partial charge in [-0.05, 0) is 20.3 Å². The van der Waals surface area contributed by atoms with Gasteiger partial charge in [0.2, 0.25) is 0 Å². The average molecular weight is 232 g/mol. The highest BCUT2D eigenvalue weighted by Gasteiger charge is 2.26. The SMILES string of the molecule is CCCC(C(=O)O)N(CC(N)=S)C(C)C. The van der Waals surface area contributed by atoms with Crippen molar-refractivity contribution >= 4 is 23.2 Å². The maximum Gasteiger partial charge on any atom is 0.320 e. The van der Waals surface area contributed by atoms with Crippen molar-refractivity contribution in [3.8, 4) is 0 Å². The molecule has 4 nitrogen and oxygen atoms in total. The Morgan fingerprint density at radius 3 is 2.33 bits per heavy atom. The third-order valence-electron chi connectivity index (χ3n) is 2.25. The van der Waals surface area contributed by atoms with Crippen LogP contribution in [0.25, 0.3) is 0 Å². The zero-order valence-electron chi connectivity index (χ0n) is 9.56. The molecule has 0 heterocycles. The third kappa shape index (κ3) is 5.09. The molecule has 0 aliphatic heterocycles. The summed E-state index contributed by atoms with van der Waals surface area (Å²) in [6.07, 6.45) is 1.45. The van der Waals surface area contributed by atoms with Gasteiger partial charge in [-0.2, -0.15) is 0 Å². The molecule has 0 aliphatic carbocycles. The first kappa shape index (κ1) is 14.3. The molecule has 0 amide bonds. The second-order valence-electron chi connectivity index (χ2n) is 3.88. The van der Waals surface area contributed by atoms with E-state index in [0.29, 0.717) is 18.0 Å². The van der Waals surface area contributed by atoms with Crippen molar-refractivity contribution in [2.75, 3.05) is 6.54 Å². The van der Waals surface area contributed by atoms with Crippen molar-refractivity contribution in [2.45, 2.75) is 45.7 Å². The van der Waals surface area contributed by atoms with Crippen LogP contribution in [-0.2, 0) is 4.79 Å². The molecule has 5 heteroatoms. The van der Waals surface area contributed by atoms with Crippen LogP contribution >= 0.6 is 12.2 Å². The number of carboxylic acid groups (broad SMARTS) is 1. The standard InChI is InChI=1S/C10H20N2O2S/c1-4-5-8(10(13)14)12(7(2)3)6-9(11)15/h7-8H,4-6H2,1-3H3,(H2,11,15)(H,13,14). The van der Waals surface area contributed by atoms with Crippen molar-refractivity contribution in [1.29, 1.82) is 0 Å². The van der Waals surface area contributed by atoms with Crippen molar-refractivity contribution in [3.63, 3.8) is 0 Å². The monoisotopic (exact) mass is 232 g/mol. The summed E-state index contributed by atoms with van der Waals surface area (Å²) in [5.41, 5.74) is 5.46. The van der Waals surface area contributed by atoms with Gasteiger partial charge in [0.15, 0.2) is 0 Å². The van der Waals surface area contributed by atoms with E-state index in [4.69, 9.17) is 23.1 Å². The minimum atomic E-state index is -0.804. The predicted molar refractivity (Wildman–Crippen MR) is 65.0 cm³/mol. The number of nitrogens with zero attached hydrogens (tertiary/aromatic N) is 1. The number of thiocarbonyl (C=S) groups is 1. The fourth-order valence-electron chi connectivity index (χ4n) is 1.54. The van der Waals surface area contributed by atoms with Crippen LogP contribution in [0.5, 0.6) is 0 Å². The smallest absolute Gasteiger partial charge is 0.320 e. The zero-order valence-corrected chi connectivity index (χ0v) is 10.4. The van der Waals surface area contributed by atoms with Crippen LogP contribution < -0.4 is 5.73 Å². The molecule has 0 aromatic heterocycles. The Kier molecular flexibility index (Phi) is 6.43. The maximum absolute atomic E-state index is 11.1.